The molecular weight excluding hydrogens is 208 g/mol. The van der Waals surface area contributed by atoms with Crippen molar-refractivity contribution >= 4 is 11.9 Å². The van der Waals surface area contributed by atoms with E-state index >= 15 is 0 Å². The van der Waals surface area contributed by atoms with Crippen molar-refractivity contribution in [1.29, 1.82) is 0 Å². The van der Waals surface area contributed by atoms with Gasteiger partial charge in [0.25, 0.3) is 0 Å². The van der Waals surface area contributed by atoms with Gasteiger partial charge in [-0.15, -0.1) is 0 Å². The zero-order valence-corrected chi connectivity index (χ0v) is 10.4. The van der Waals surface area contributed by atoms with Crippen molar-refractivity contribution in [3.63, 3.8) is 0 Å². The van der Waals surface area contributed by atoms with Crippen LogP contribution in [0.1, 0.15) is 25.7 Å². The number of nitrogens with zero attached hydrogens (tertiary/aromatic N) is 2. The molecule has 0 aromatic heterocycles. The number of carboxylic acid groups (broad SMARTS) is 1. The van der Waals surface area contributed by atoms with Gasteiger partial charge >= 0.3 is 5.97 Å². The molecule has 0 heterocycles. The first-order chi connectivity index (χ1) is 7.43. The molecule has 5 nitrogen and oxygen atoms in total. The summed E-state index contributed by atoms with van der Waals surface area (Å²) in [7, 11) is 5.71. The summed E-state index contributed by atoms with van der Waals surface area (Å²) in [5.41, 5.74) is 0. The first-order valence-corrected chi connectivity index (χ1v) is 5.54. The van der Waals surface area contributed by atoms with Gasteiger partial charge in [0, 0.05) is 33.0 Å². The van der Waals surface area contributed by atoms with Crippen LogP contribution in [-0.4, -0.2) is 61.0 Å². The molecule has 16 heavy (non-hydrogen) atoms. The van der Waals surface area contributed by atoms with Crippen molar-refractivity contribution in [3.8, 4) is 0 Å². The third-order valence-corrected chi connectivity index (χ3v) is 2.34. The summed E-state index contributed by atoms with van der Waals surface area (Å²) >= 11 is 0. The lowest BCUT2D eigenvalue weighted by molar-refractivity contribution is -0.137. The largest absolute Gasteiger partial charge is 0.481 e. The number of hydrogen-bond acceptors (Lipinski definition) is 3. The highest BCUT2D eigenvalue weighted by Gasteiger charge is 2.08. The van der Waals surface area contributed by atoms with E-state index in [0.717, 1.165) is 6.54 Å². The summed E-state index contributed by atoms with van der Waals surface area (Å²) in [6.45, 7) is 1.56. The molecule has 0 rings (SSSR count). The van der Waals surface area contributed by atoms with Gasteiger partial charge in [0.05, 0.1) is 0 Å². The van der Waals surface area contributed by atoms with E-state index in [-0.39, 0.29) is 12.3 Å². The maximum absolute atomic E-state index is 11.6. The molecule has 0 aliphatic heterocycles. The Morgan fingerprint density at radius 3 is 2.06 bits per heavy atom. The number of carboxylic acids is 1. The molecular formula is C11H22N2O3. The number of likely N-dealkylation sites (N-methyl/N-ethyl adjacent to an activating group) is 2. The van der Waals surface area contributed by atoms with Crippen LogP contribution in [0.2, 0.25) is 0 Å². The minimum Gasteiger partial charge on any atom is -0.481 e. The highest BCUT2D eigenvalue weighted by molar-refractivity contribution is 5.75. The second-order valence-electron chi connectivity index (χ2n) is 4.22. The smallest absolute Gasteiger partial charge is 0.303 e. The number of unbranched alkanes of at least 4 members (excludes halogenated alkanes) is 1. The Balaban J connectivity index is 3.59. The summed E-state index contributed by atoms with van der Waals surface area (Å²) < 4.78 is 0. The molecule has 94 valence electrons. The van der Waals surface area contributed by atoms with Crippen LogP contribution < -0.4 is 0 Å². The topological polar surface area (TPSA) is 60.9 Å². The molecule has 0 aliphatic rings. The van der Waals surface area contributed by atoms with Crippen molar-refractivity contribution < 1.29 is 14.7 Å². The predicted molar refractivity (Wildman–Crippen MR) is 62.3 cm³/mol. The Morgan fingerprint density at radius 2 is 1.56 bits per heavy atom. The third kappa shape index (κ3) is 8.23. The van der Waals surface area contributed by atoms with Crippen LogP contribution in [0.25, 0.3) is 0 Å². The van der Waals surface area contributed by atoms with Gasteiger partial charge in [-0.25, -0.2) is 0 Å². The van der Waals surface area contributed by atoms with Gasteiger partial charge in [0.15, 0.2) is 0 Å². The van der Waals surface area contributed by atoms with Crippen LogP contribution in [0.4, 0.5) is 0 Å². The maximum Gasteiger partial charge on any atom is 0.303 e. The highest BCUT2D eigenvalue weighted by atomic mass is 16.4. The van der Waals surface area contributed by atoms with Crippen LogP contribution >= 0.6 is 0 Å². The van der Waals surface area contributed by atoms with Crippen LogP contribution in [-0.2, 0) is 9.59 Å². The molecule has 0 spiro atoms. The Kier molecular flexibility index (Phi) is 7.54. The fraction of sp³-hybridized carbons (Fsp3) is 0.818. The van der Waals surface area contributed by atoms with Gasteiger partial charge in [-0.2, -0.15) is 0 Å². The molecule has 0 fully saturated rings. The van der Waals surface area contributed by atoms with Crippen molar-refractivity contribution in [2.24, 2.45) is 0 Å². The van der Waals surface area contributed by atoms with Crippen molar-refractivity contribution in [1.82, 2.24) is 9.80 Å². The lowest BCUT2D eigenvalue weighted by Gasteiger charge is -2.19. The molecule has 1 N–H and O–H groups in total. The summed E-state index contributed by atoms with van der Waals surface area (Å²) in [6, 6.07) is 0. The van der Waals surface area contributed by atoms with Crippen LogP contribution in [0, 0.1) is 0 Å². The number of carbonyl (C=O) groups excluding carboxylic acids is 1. The van der Waals surface area contributed by atoms with Gasteiger partial charge in [0.1, 0.15) is 0 Å². The molecule has 0 saturated heterocycles. The Morgan fingerprint density at radius 1 is 1.00 bits per heavy atom. The van der Waals surface area contributed by atoms with Crippen molar-refractivity contribution in [3.05, 3.63) is 0 Å². The van der Waals surface area contributed by atoms with Gasteiger partial charge in [0.2, 0.25) is 5.91 Å². The second-order valence-corrected chi connectivity index (χ2v) is 4.22. The Bertz CT molecular complexity index is 229. The normalized spacial score (nSPS) is 10.5. The zero-order valence-electron chi connectivity index (χ0n) is 10.4. The standard InChI is InChI=1S/C11H22N2O3/c1-12(2)8-9-13(3)10(14)6-4-5-7-11(15)16/h4-9H2,1-3H3,(H,15,16). The van der Waals surface area contributed by atoms with Crippen molar-refractivity contribution in [2.45, 2.75) is 25.7 Å². The Labute approximate surface area is 97.0 Å². The van der Waals surface area contributed by atoms with Crippen LogP contribution in [0.15, 0.2) is 0 Å². The number of aliphatic carboxylic acids is 1. The third-order valence-electron chi connectivity index (χ3n) is 2.34. The molecule has 0 unspecified atom stereocenters. The van der Waals surface area contributed by atoms with Gasteiger partial charge in [-0.3, -0.25) is 9.59 Å². The van der Waals surface area contributed by atoms with E-state index in [4.69, 9.17) is 5.11 Å². The van der Waals surface area contributed by atoms with E-state index in [1.54, 1.807) is 11.9 Å². The number of hydrogen-bond donors (Lipinski definition) is 1. The van der Waals surface area contributed by atoms with Gasteiger partial charge in [-0.1, -0.05) is 0 Å². The molecule has 0 bridgehead atoms. The average Bonchev–Trinajstić information content (AvgIpc) is 2.20. The fourth-order valence-corrected chi connectivity index (χ4v) is 1.22. The molecule has 0 aromatic rings. The quantitative estimate of drug-likeness (QED) is 0.622. The molecule has 0 saturated carbocycles. The lowest BCUT2D eigenvalue weighted by Crippen LogP contribution is -2.33. The lowest BCUT2D eigenvalue weighted by atomic mass is 10.2. The van der Waals surface area contributed by atoms with E-state index in [9.17, 15) is 9.59 Å². The van der Waals surface area contributed by atoms with Gasteiger partial charge < -0.3 is 14.9 Å². The predicted octanol–water partition coefficient (Wildman–Crippen LogP) is 0.651. The first kappa shape index (κ1) is 14.9. The number of rotatable bonds is 8. The van der Waals surface area contributed by atoms with Crippen LogP contribution in [0.3, 0.4) is 0 Å². The average molecular weight is 230 g/mol. The SMILES string of the molecule is CN(C)CCN(C)C(=O)CCCCC(=O)O. The number of carbonyl (C=O) groups is 2. The van der Waals surface area contributed by atoms with E-state index in [1.807, 2.05) is 19.0 Å². The Hall–Kier alpha value is -1.10. The molecule has 0 radical (unpaired) electrons. The summed E-state index contributed by atoms with van der Waals surface area (Å²) in [6.07, 6.45) is 1.81. The van der Waals surface area contributed by atoms with E-state index in [2.05, 4.69) is 0 Å². The monoisotopic (exact) mass is 230 g/mol. The summed E-state index contributed by atoms with van der Waals surface area (Å²) in [4.78, 5) is 25.5. The number of amides is 1. The molecule has 0 aromatic carbocycles. The second kappa shape index (κ2) is 8.10. The van der Waals surface area contributed by atoms with Crippen molar-refractivity contribution in [2.75, 3.05) is 34.2 Å². The van der Waals surface area contributed by atoms with Crippen LogP contribution in [0.5, 0.6) is 0 Å². The summed E-state index contributed by atoms with van der Waals surface area (Å²) in [5, 5.41) is 8.43. The molecule has 0 aliphatic carbocycles. The first-order valence-electron chi connectivity index (χ1n) is 5.54. The minimum atomic E-state index is -0.798. The zero-order chi connectivity index (χ0) is 12.6. The fourth-order valence-electron chi connectivity index (χ4n) is 1.22. The highest BCUT2D eigenvalue weighted by Crippen LogP contribution is 2.02. The van der Waals surface area contributed by atoms with E-state index in [0.29, 0.717) is 25.8 Å². The van der Waals surface area contributed by atoms with Gasteiger partial charge in [-0.05, 0) is 26.9 Å². The maximum atomic E-state index is 11.6. The van der Waals surface area contributed by atoms with E-state index < -0.39 is 5.97 Å². The van der Waals surface area contributed by atoms with E-state index in [1.165, 1.54) is 0 Å². The molecule has 1 amide bonds. The minimum absolute atomic E-state index is 0.0900. The summed E-state index contributed by atoms with van der Waals surface area (Å²) in [5.74, 6) is -0.708. The molecule has 0 atom stereocenters. The molecule has 5 heteroatoms.